The van der Waals surface area contributed by atoms with Gasteiger partial charge in [-0.05, 0) is 18.6 Å². The molecule has 0 aromatic heterocycles. The molecule has 0 bridgehead atoms. The summed E-state index contributed by atoms with van der Waals surface area (Å²) < 4.78 is 0. The Bertz CT molecular complexity index is 455. The first-order valence-corrected chi connectivity index (χ1v) is 5.96. The zero-order valence-electron chi connectivity index (χ0n) is 11.4. The number of hydrogen-bond acceptors (Lipinski definition) is 3. The van der Waals surface area contributed by atoms with Crippen LogP contribution in [-0.2, 0) is 5.60 Å². The van der Waals surface area contributed by atoms with Gasteiger partial charge in [0.15, 0.2) is 0 Å². The number of aliphatic hydroxyl groups is 1. The molecular formula is C15H20N2O. The Balaban J connectivity index is 3.03. The van der Waals surface area contributed by atoms with Gasteiger partial charge in [-0.1, -0.05) is 37.3 Å². The molecule has 0 saturated heterocycles. The molecule has 0 heterocycles. The summed E-state index contributed by atoms with van der Waals surface area (Å²) in [4.78, 5) is 1.75. The summed E-state index contributed by atoms with van der Waals surface area (Å²) in [6.07, 6.45) is 1.80. The molecule has 0 saturated carbocycles. The molecule has 0 spiro atoms. The minimum absolute atomic E-state index is 0.156. The van der Waals surface area contributed by atoms with E-state index in [0.29, 0.717) is 5.70 Å². The Morgan fingerprint density at radius 2 is 1.94 bits per heavy atom. The molecule has 2 unspecified atom stereocenters. The van der Waals surface area contributed by atoms with E-state index in [1.165, 1.54) is 0 Å². The minimum atomic E-state index is -0.987. The van der Waals surface area contributed by atoms with Crippen LogP contribution in [0.4, 0.5) is 0 Å². The van der Waals surface area contributed by atoms with Crippen LogP contribution in [-0.4, -0.2) is 24.1 Å². The second-order valence-corrected chi connectivity index (χ2v) is 4.86. The lowest BCUT2D eigenvalue weighted by Gasteiger charge is -2.29. The fourth-order valence-corrected chi connectivity index (χ4v) is 1.72. The first kappa shape index (κ1) is 14.3. The van der Waals surface area contributed by atoms with E-state index in [1.807, 2.05) is 51.4 Å². The van der Waals surface area contributed by atoms with Crippen LogP contribution in [0.2, 0.25) is 0 Å². The zero-order chi connectivity index (χ0) is 13.8. The van der Waals surface area contributed by atoms with Crippen LogP contribution in [0.15, 0.2) is 42.1 Å². The summed E-state index contributed by atoms with van der Waals surface area (Å²) in [6.45, 7) is 3.68. The first-order valence-electron chi connectivity index (χ1n) is 5.96. The lowest BCUT2D eigenvalue weighted by Crippen LogP contribution is -2.29. The third-order valence-electron chi connectivity index (χ3n) is 3.25. The number of rotatable bonds is 4. The topological polar surface area (TPSA) is 47.3 Å². The quantitative estimate of drug-likeness (QED) is 0.828. The molecule has 0 radical (unpaired) electrons. The molecule has 18 heavy (non-hydrogen) atoms. The molecule has 0 aliphatic rings. The lowest BCUT2D eigenvalue weighted by atomic mass is 9.83. The van der Waals surface area contributed by atoms with E-state index in [0.717, 1.165) is 5.56 Å². The Morgan fingerprint density at radius 3 is 2.39 bits per heavy atom. The average molecular weight is 244 g/mol. The summed E-state index contributed by atoms with van der Waals surface area (Å²) >= 11 is 0. The molecule has 0 aliphatic carbocycles. The molecular weight excluding hydrogens is 224 g/mol. The third kappa shape index (κ3) is 3.12. The predicted octanol–water partition coefficient (Wildman–Crippen LogP) is 2.50. The average Bonchev–Trinajstić information content (AvgIpc) is 2.36. The van der Waals surface area contributed by atoms with Crippen molar-refractivity contribution in [2.75, 3.05) is 14.1 Å². The highest BCUT2D eigenvalue weighted by molar-refractivity contribution is 5.26. The minimum Gasteiger partial charge on any atom is -0.385 e. The SMILES string of the molecule is CC(/C=C(\C#N)N(C)C)C(C)(O)c1ccccc1. The lowest BCUT2D eigenvalue weighted by molar-refractivity contribution is 0.0198. The van der Waals surface area contributed by atoms with Gasteiger partial charge in [-0.2, -0.15) is 5.26 Å². The number of nitrogens with zero attached hydrogens (tertiary/aromatic N) is 2. The molecule has 3 nitrogen and oxygen atoms in total. The second-order valence-electron chi connectivity index (χ2n) is 4.86. The summed E-state index contributed by atoms with van der Waals surface area (Å²) in [7, 11) is 3.64. The highest BCUT2D eigenvalue weighted by Gasteiger charge is 2.29. The molecule has 3 heteroatoms. The van der Waals surface area contributed by atoms with Crippen LogP contribution in [0.1, 0.15) is 19.4 Å². The summed E-state index contributed by atoms with van der Waals surface area (Å²) in [5.74, 6) is -0.156. The van der Waals surface area contributed by atoms with Gasteiger partial charge in [0.1, 0.15) is 11.8 Å². The molecule has 1 aromatic carbocycles. The van der Waals surface area contributed by atoms with Gasteiger partial charge in [-0.25, -0.2) is 0 Å². The Hall–Kier alpha value is -1.79. The van der Waals surface area contributed by atoms with Gasteiger partial charge in [-0.15, -0.1) is 0 Å². The maximum Gasteiger partial charge on any atom is 0.117 e. The molecule has 2 atom stereocenters. The Kier molecular flexibility index (Phi) is 4.52. The molecule has 0 fully saturated rings. The highest BCUT2D eigenvalue weighted by Crippen LogP contribution is 2.30. The number of benzene rings is 1. The van der Waals surface area contributed by atoms with E-state index in [1.54, 1.807) is 17.9 Å². The van der Waals surface area contributed by atoms with E-state index in [9.17, 15) is 5.11 Å². The maximum atomic E-state index is 10.6. The molecule has 0 amide bonds. The van der Waals surface area contributed by atoms with E-state index < -0.39 is 5.60 Å². The van der Waals surface area contributed by atoms with Crippen LogP contribution >= 0.6 is 0 Å². The first-order chi connectivity index (χ1) is 8.39. The van der Waals surface area contributed by atoms with Crippen LogP contribution in [0.3, 0.4) is 0 Å². The monoisotopic (exact) mass is 244 g/mol. The fraction of sp³-hybridized carbons (Fsp3) is 0.400. The number of hydrogen-bond donors (Lipinski definition) is 1. The van der Waals surface area contributed by atoms with Crippen molar-refractivity contribution in [2.45, 2.75) is 19.4 Å². The van der Waals surface area contributed by atoms with Gasteiger partial charge in [0.25, 0.3) is 0 Å². The van der Waals surface area contributed by atoms with Crippen LogP contribution in [0, 0.1) is 17.2 Å². The van der Waals surface area contributed by atoms with Crippen molar-refractivity contribution >= 4 is 0 Å². The van der Waals surface area contributed by atoms with Crippen LogP contribution in [0.5, 0.6) is 0 Å². The van der Waals surface area contributed by atoms with Crippen molar-refractivity contribution in [3.8, 4) is 6.07 Å². The summed E-state index contributed by atoms with van der Waals surface area (Å²) in [5.41, 5.74) is 0.419. The highest BCUT2D eigenvalue weighted by atomic mass is 16.3. The summed E-state index contributed by atoms with van der Waals surface area (Å²) in [5, 5.41) is 19.6. The fourth-order valence-electron chi connectivity index (χ4n) is 1.72. The largest absolute Gasteiger partial charge is 0.385 e. The van der Waals surface area contributed by atoms with Crippen molar-refractivity contribution in [1.29, 1.82) is 5.26 Å². The second kappa shape index (κ2) is 5.70. The van der Waals surface area contributed by atoms with Crippen molar-refractivity contribution in [3.63, 3.8) is 0 Å². The number of allylic oxidation sites excluding steroid dienone is 1. The molecule has 96 valence electrons. The smallest absolute Gasteiger partial charge is 0.117 e. The van der Waals surface area contributed by atoms with Crippen molar-refractivity contribution in [1.82, 2.24) is 4.90 Å². The normalized spacial score (nSPS) is 16.6. The van der Waals surface area contributed by atoms with Crippen LogP contribution < -0.4 is 0 Å². The third-order valence-corrected chi connectivity index (χ3v) is 3.25. The van der Waals surface area contributed by atoms with E-state index in [2.05, 4.69) is 6.07 Å². The van der Waals surface area contributed by atoms with Gasteiger partial charge in [0, 0.05) is 20.0 Å². The van der Waals surface area contributed by atoms with Crippen molar-refractivity contribution in [2.24, 2.45) is 5.92 Å². The molecule has 1 rings (SSSR count). The zero-order valence-corrected chi connectivity index (χ0v) is 11.4. The van der Waals surface area contributed by atoms with Gasteiger partial charge < -0.3 is 10.0 Å². The summed E-state index contributed by atoms with van der Waals surface area (Å²) in [6, 6.07) is 11.6. The van der Waals surface area contributed by atoms with Crippen molar-refractivity contribution < 1.29 is 5.11 Å². The standard InChI is InChI=1S/C15H20N2O/c1-12(10-14(11-16)17(3)4)15(2,18)13-8-6-5-7-9-13/h5-10,12,18H,1-4H3/b14-10+. The van der Waals surface area contributed by atoms with Crippen molar-refractivity contribution in [3.05, 3.63) is 47.7 Å². The molecule has 0 aliphatic heterocycles. The molecule has 1 N–H and O–H groups in total. The van der Waals surface area contributed by atoms with E-state index in [-0.39, 0.29) is 5.92 Å². The van der Waals surface area contributed by atoms with E-state index >= 15 is 0 Å². The van der Waals surface area contributed by atoms with Gasteiger partial charge >= 0.3 is 0 Å². The van der Waals surface area contributed by atoms with Gasteiger partial charge in [-0.3, -0.25) is 0 Å². The maximum absolute atomic E-state index is 10.6. The van der Waals surface area contributed by atoms with Gasteiger partial charge in [0.2, 0.25) is 0 Å². The molecule has 1 aromatic rings. The Morgan fingerprint density at radius 1 is 1.39 bits per heavy atom. The van der Waals surface area contributed by atoms with Crippen LogP contribution in [0.25, 0.3) is 0 Å². The van der Waals surface area contributed by atoms with E-state index in [4.69, 9.17) is 5.26 Å². The Labute approximate surface area is 109 Å². The number of nitriles is 1. The predicted molar refractivity (Wildman–Crippen MR) is 72.6 cm³/mol. The van der Waals surface area contributed by atoms with Gasteiger partial charge in [0.05, 0.1) is 5.60 Å².